The van der Waals surface area contributed by atoms with Crippen molar-refractivity contribution in [3.05, 3.63) is 79.7 Å². The van der Waals surface area contributed by atoms with Crippen LogP contribution in [0.15, 0.2) is 58.5 Å². The minimum Gasteiger partial charge on any atom is -0.345 e. The van der Waals surface area contributed by atoms with Gasteiger partial charge < -0.3 is 9.88 Å². The van der Waals surface area contributed by atoms with E-state index in [2.05, 4.69) is 26.0 Å². The molecular formula is C28H24ClF2N7O2S. The fourth-order valence-electron chi connectivity index (χ4n) is 5.49. The van der Waals surface area contributed by atoms with Crippen LogP contribution in [-0.2, 0) is 19.6 Å². The number of nitriles is 1. The van der Waals surface area contributed by atoms with Gasteiger partial charge in [0.1, 0.15) is 12.7 Å². The summed E-state index contributed by atoms with van der Waals surface area (Å²) >= 11 is 7.92. The molecule has 0 radical (unpaired) electrons. The molecule has 4 aromatic heterocycles. The zero-order chi connectivity index (χ0) is 28.7. The first-order valence-electron chi connectivity index (χ1n) is 13.0. The van der Waals surface area contributed by atoms with Crippen molar-refractivity contribution < 1.29 is 8.78 Å². The molecule has 1 N–H and O–H groups in total. The van der Waals surface area contributed by atoms with Crippen molar-refractivity contribution in [2.24, 2.45) is 5.41 Å². The van der Waals surface area contributed by atoms with E-state index in [9.17, 15) is 23.6 Å². The lowest BCUT2D eigenvalue weighted by atomic mass is 9.80. The van der Waals surface area contributed by atoms with Gasteiger partial charge in [-0.2, -0.15) is 10.4 Å². The van der Waals surface area contributed by atoms with E-state index < -0.39 is 29.6 Å². The van der Waals surface area contributed by atoms with E-state index in [1.165, 1.54) is 11.3 Å². The van der Waals surface area contributed by atoms with Gasteiger partial charge in [-0.15, -0.1) is 11.3 Å². The van der Waals surface area contributed by atoms with E-state index in [0.717, 1.165) is 63.4 Å². The summed E-state index contributed by atoms with van der Waals surface area (Å²) in [5.74, 6) is 0. The maximum Gasteiger partial charge on any atom is 0.347 e. The molecule has 1 aromatic carbocycles. The number of hydrogen-bond donors (Lipinski definition) is 1. The van der Waals surface area contributed by atoms with Gasteiger partial charge in [-0.25, -0.2) is 18.3 Å². The molecule has 5 aromatic rings. The Morgan fingerprint density at radius 1 is 1.17 bits per heavy atom. The topological polar surface area (TPSA) is 111 Å². The van der Waals surface area contributed by atoms with Crippen molar-refractivity contribution in [2.45, 2.75) is 38.9 Å². The van der Waals surface area contributed by atoms with Gasteiger partial charge in [-0.3, -0.25) is 14.3 Å². The minimum absolute atomic E-state index is 0.107. The lowest BCUT2D eigenvalue weighted by Crippen LogP contribution is -2.41. The normalized spacial score (nSPS) is 15.1. The summed E-state index contributed by atoms with van der Waals surface area (Å²) in [6.45, 7) is 1.13. The van der Waals surface area contributed by atoms with Gasteiger partial charge in [0.05, 0.1) is 33.8 Å². The largest absolute Gasteiger partial charge is 0.347 e. The highest BCUT2D eigenvalue weighted by atomic mass is 35.5. The first-order chi connectivity index (χ1) is 19.8. The number of pyridine rings is 1. The molecule has 41 heavy (non-hydrogen) atoms. The second-order valence-electron chi connectivity index (χ2n) is 10.2. The summed E-state index contributed by atoms with van der Waals surface area (Å²) < 4.78 is 30.2. The number of nitrogens with one attached hydrogen (secondary N) is 1. The highest BCUT2D eigenvalue weighted by molar-refractivity contribution is 7.19. The molecule has 0 aliphatic carbocycles. The van der Waals surface area contributed by atoms with Gasteiger partial charge in [-0.05, 0) is 56.3 Å². The van der Waals surface area contributed by atoms with E-state index >= 15 is 0 Å². The Hall–Kier alpha value is -3.92. The summed E-state index contributed by atoms with van der Waals surface area (Å²) in [5.41, 5.74) is 1.30. The molecule has 0 saturated carbocycles. The second-order valence-corrected chi connectivity index (χ2v) is 11.8. The predicted molar refractivity (Wildman–Crippen MR) is 154 cm³/mol. The standard InChI is InChI=1S/C28H24ClF2N7O2S/c29-18-9-17-2-8-36(16-28(15-32)3-6-33-7-4-28)25(17)21(10-18)20-1-5-34-22-11-19(41-26(20)22)13-37-24(39)12-35-38(27(37)40)14-23(30)31/h1-2,5,8-12,23,33H,3-4,6-7,13-14,16H2. The van der Waals surface area contributed by atoms with Crippen LogP contribution < -0.4 is 16.6 Å². The first-order valence-corrected chi connectivity index (χ1v) is 14.2. The number of hydrogen-bond acceptors (Lipinski definition) is 7. The third kappa shape index (κ3) is 5.16. The zero-order valence-electron chi connectivity index (χ0n) is 21.7. The quantitative estimate of drug-likeness (QED) is 0.297. The summed E-state index contributed by atoms with van der Waals surface area (Å²) in [5, 5.41) is 18.5. The van der Waals surface area contributed by atoms with E-state index in [1.54, 1.807) is 12.3 Å². The van der Waals surface area contributed by atoms with Crippen LogP contribution in [0.5, 0.6) is 0 Å². The number of nitrogens with zero attached hydrogens (tertiary/aromatic N) is 6. The highest BCUT2D eigenvalue weighted by Gasteiger charge is 2.33. The number of fused-ring (bicyclic) bond motifs is 2. The predicted octanol–water partition coefficient (Wildman–Crippen LogP) is 4.50. The molecule has 0 atom stereocenters. The highest BCUT2D eigenvalue weighted by Crippen LogP contribution is 2.40. The van der Waals surface area contributed by atoms with Crippen LogP contribution in [0, 0.1) is 16.7 Å². The Balaban J connectivity index is 1.44. The number of benzene rings is 1. The molecule has 0 amide bonds. The van der Waals surface area contributed by atoms with E-state index in [-0.39, 0.29) is 6.54 Å². The van der Waals surface area contributed by atoms with Crippen molar-refractivity contribution in [1.82, 2.24) is 29.2 Å². The van der Waals surface area contributed by atoms with Gasteiger partial charge in [0, 0.05) is 45.4 Å². The summed E-state index contributed by atoms with van der Waals surface area (Å²) in [6, 6.07) is 12.0. The van der Waals surface area contributed by atoms with E-state index in [4.69, 9.17) is 11.6 Å². The Kier molecular flexibility index (Phi) is 7.19. The van der Waals surface area contributed by atoms with Gasteiger partial charge >= 0.3 is 5.69 Å². The van der Waals surface area contributed by atoms with Crippen LogP contribution in [0.1, 0.15) is 17.7 Å². The SMILES string of the molecule is N#CC1(Cn2ccc3cc(Cl)cc(-c4ccnc5cc(Cn6c(=O)cnn(CC(F)F)c6=O)sc45)c32)CCNCC1. The second kappa shape index (κ2) is 10.8. The van der Waals surface area contributed by atoms with Crippen molar-refractivity contribution in [3.63, 3.8) is 0 Å². The molecule has 1 fully saturated rings. The van der Waals surface area contributed by atoms with E-state index in [1.807, 2.05) is 30.5 Å². The lowest BCUT2D eigenvalue weighted by molar-refractivity contribution is 0.118. The van der Waals surface area contributed by atoms with Crippen LogP contribution >= 0.6 is 22.9 Å². The molecule has 9 nitrogen and oxygen atoms in total. The van der Waals surface area contributed by atoms with Crippen molar-refractivity contribution in [1.29, 1.82) is 5.26 Å². The van der Waals surface area contributed by atoms with Crippen molar-refractivity contribution in [2.75, 3.05) is 13.1 Å². The molecule has 1 aliphatic rings. The Morgan fingerprint density at radius 3 is 2.73 bits per heavy atom. The summed E-state index contributed by atoms with van der Waals surface area (Å²) in [7, 11) is 0. The number of alkyl halides is 2. The number of piperidine rings is 1. The number of thiophene rings is 1. The minimum atomic E-state index is -2.78. The van der Waals surface area contributed by atoms with E-state index in [0.29, 0.717) is 26.6 Å². The molecule has 13 heteroatoms. The fraction of sp³-hybridized carbons (Fsp3) is 0.321. The summed E-state index contributed by atoms with van der Waals surface area (Å²) in [4.78, 5) is 30.3. The first kappa shape index (κ1) is 27.3. The number of halogens is 3. The molecule has 210 valence electrons. The Labute approximate surface area is 241 Å². The third-order valence-electron chi connectivity index (χ3n) is 7.50. The van der Waals surface area contributed by atoms with Crippen LogP contribution in [0.4, 0.5) is 8.78 Å². The average molecular weight is 596 g/mol. The van der Waals surface area contributed by atoms with Crippen LogP contribution in [-0.4, -0.2) is 43.4 Å². The average Bonchev–Trinajstić information content (AvgIpc) is 3.56. The van der Waals surface area contributed by atoms with Crippen molar-refractivity contribution >= 4 is 44.1 Å². The zero-order valence-corrected chi connectivity index (χ0v) is 23.3. The van der Waals surface area contributed by atoms with Crippen LogP contribution in [0.3, 0.4) is 0 Å². The molecule has 0 spiro atoms. The van der Waals surface area contributed by atoms with Gasteiger partial charge in [0.2, 0.25) is 0 Å². The Bertz CT molecular complexity index is 1930. The number of rotatable bonds is 7. The van der Waals surface area contributed by atoms with Gasteiger partial charge in [-0.1, -0.05) is 11.6 Å². The molecule has 6 rings (SSSR count). The maximum absolute atomic E-state index is 12.9. The third-order valence-corrected chi connectivity index (χ3v) is 8.86. The molecular weight excluding hydrogens is 572 g/mol. The lowest BCUT2D eigenvalue weighted by Gasteiger charge is -2.32. The molecule has 1 aliphatic heterocycles. The summed E-state index contributed by atoms with van der Waals surface area (Å²) in [6.07, 6.45) is 3.28. The Morgan fingerprint density at radius 2 is 1.98 bits per heavy atom. The van der Waals surface area contributed by atoms with Crippen LogP contribution in [0.25, 0.3) is 32.2 Å². The maximum atomic E-state index is 12.9. The fourth-order valence-corrected chi connectivity index (χ4v) is 6.85. The van der Waals surface area contributed by atoms with Crippen LogP contribution in [0.2, 0.25) is 5.02 Å². The van der Waals surface area contributed by atoms with Crippen molar-refractivity contribution in [3.8, 4) is 17.2 Å². The van der Waals surface area contributed by atoms with Gasteiger partial charge in [0.15, 0.2) is 0 Å². The van der Waals surface area contributed by atoms with Gasteiger partial charge in [0.25, 0.3) is 12.0 Å². The number of aromatic nitrogens is 5. The molecule has 0 unspecified atom stereocenters. The molecule has 5 heterocycles. The molecule has 1 saturated heterocycles. The molecule has 0 bridgehead atoms. The monoisotopic (exact) mass is 595 g/mol. The smallest absolute Gasteiger partial charge is 0.345 e.